The van der Waals surface area contributed by atoms with Gasteiger partial charge >= 0.3 is 0 Å². The van der Waals surface area contributed by atoms with Gasteiger partial charge in [0.15, 0.2) is 5.13 Å². The molecule has 5 rings (SSSR count). The molecule has 1 aliphatic heterocycles. The molecule has 0 fully saturated rings. The van der Waals surface area contributed by atoms with Crippen molar-refractivity contribution in [3.63, 3.8) is 0 Å². The maximum atomic E-state index is 13.0. The molecule has 1 N–H and O–H groups in total. The van der Waals surface area contributed by atoms with E-state index in [0.29, 0.717) is 11.6 Å². The van der Waals surface area contributed by atoms with Crippen LogP contribution in [0.3, 0.4) is 0 Å². The third-order valence-corrected chi connectivity index (χ3v) is 7.29. The number of aromatic nitrogens is 1. The summed E-state index contributed by atoms with van der Waals surface area (Å²) in [5.41, 5.74) is 5.96. The number of methoxy groups -OCH3 is 1. The number of benzene rings is 3. The molecule has 6 heteroatoms. The van der Waals surface area contributed by atoms with Gasteiger partial charge in [-0.1, -0.05) is 66.7 Å². The molecule has 0 unspecified atom stereocenters. The molecule has 178 valence electrons. The number of carbonyl (C=O) groups is 1. The smallest absolute Gasteiger partial charge is 0.227 e. The predicted molar refractivity (Wildman–Crippen MR) is 141 cm³/mol. The Labute approximate surface area is 210 Å². The fraction of sp³-hybridized carbons (Fsp3) is 0.241. The van der Waals surface area contributed by atoms with Gasteiger partial charge in [-0.05, 0) is 40.8 Å². The van der Waals surface area contributed by atoms with Gasteiger partial charge in [0.05, 0.1) is 12.8 Å². The van der Waals surface area contributed by atoms with E-state index in [1.165, 1.54) is 22.5 Å². The number of anilines is 1. The van der Waals surface area contributed by atoms with Crippen molar-refractivity contribution in [1.29, 1.82) is 0 Å². The van der Waals surface area contributed by atoms with Gasteiger partial charge in [-0.25, -0.2) is 4.98 Å². The number of amides is 1. The van der Waals surface area contributed by atoms with E-state index in [2.05, 4.69) is 46.6 Å². The molecule has 1 aromatic heterocycles. The Kier molecular flexibility index (Phi) is 7.21. The molecule has 0 atom stereocenters. The zero-order valence-corrected chi connectivity index (χ0v) is 20.6. The van der Waals surface area contributed by atoms with E-state index < -0.39 is 0 Å². The van der Waals surface area contributed by atoms with Gasteiger partial charge in [0.2, 0.25) is 5.91 Å². The Balaban J connectivity index is 1.21. The molecular formula is C29H29N3O2S. The number of carbonyl (C=O) groups excluding carboxylic acids is 1. The van der Waals surface area contributed by atoms with Gasteiger partial charge in [-0.3, -0.25) is 9.69 Å². The summed E-state index contributed by atoms with van der Waals surface area (Å²) in [4.78, 5) is 20.1. The van der Waals surface area contributed by atoms with Crippen molar-refractivity contribution in [1.82, 2.24) is 9.88 Å². The molecule has 1 amide bonds. The predicted octanol–water partition coefficient (Wildman–Crippen LogP) is 5.87. The van der Waals surface area contributed by atoms with Crippen LogP contribution >= 0.6 is 11.3 Å². The van der Waals surface area contributed by atoms with Gasteiger partial charge in [0, 0.05) is 37.4 Å². The van der Waals surface area contributed by atoms with Gasteiger partial charge < -0.3 is 10.1 Å². The molecule has 0 saturated heterocycles. The highest BCUT2D eigenvalue weighted by Gasteiger charge is 2.20. The maximum Gasteiger partial charge on any atom is 0.227 e. The van der Waals surface area contributed by atoms with Crippen LogP contribution in [0.2, 0.25) is 0 Å². The number of hydrogen-bond donors (Lipinski definition) is 1. The van der Waals surface area contributed by atoms with Crippen LogP contribution in [-0.4, -0.2) is 29.4 Å². The van der Waals surface area contributed by atoms with E-state index in [1.807, 2.05) is 47.8 Å². The van der Waals surface area contributed by atoms with Crippen LogP contribution in [0, 0.1) is 0 Å². The lowest BCUT2D eigenvalue weighted by Gasteiger charge is -2.28. The molecule has 2 heterocycles. The van der Waals surface area contributed by atoms with Crippen molar-refractivity contribution < 1.29 is 9.53 Å². The van der Waals surface area contributed by atoms with Crippen molar-refractivity contribution >= 4 is 22.4 Å². The number of hydrogen-bond acceptors (Lipinski definition) is 5. The first-order chi connectivity index (χ1) is 17.2. The van der Waals surface area contributed by atoms with Crippen LogP contribution in [0.1, 0.15) is 40.3 Å². The number of rotatable bonds is 8. The molecule has 0 aliphatic carbocycles. The Morgan fingerprint density at radius 2 is 1.74 bits per heavy atom. The number of nitrogens with one attached hydrogen (secondary N) is 1. The highest BCUT2D eigenvalue weighted by molar-refractivity contribution is 7.13. The SMILES string of the molecule is COc1ccc2c(c1)CCN(Cc1csc(NC(=O)CC(c3ccccc3)c3ccccc3)n1)C2. The minimum absolute atomic E-state index is 0.00359. The lowest BCUT2D eigenvalue weighted by molar-refractivity contribution is -0.116. The van der Waals surface area contributed by atoms with Crippen molar-refractivity contribution in [2.75, 3.05) is 19.0 Å². The Morgan fingerprint density at radius 1 is 1.03 bits per heavy atom. The lowest BCUT2D eigenvalue weighted by atomic mass is 9.88. The molecule has 0 spiro atoms. The second-order valence-corrected chi connectivity index (χ2v) is 9.72. The van der Waals surface area contributed by atoms with Crippen molar-refractivity contribution in [2.45, 2.75) is 31.8 Å². The zero-order valence-electron chi connectivity index (χ0n) is 19.8. The molecule has 3 aromatic carbocycles. The molecule has 35 heavy (non-hydrogen) atoms. The van der Waals surface area contributed by atoms with Gasteiger partial charge in [-0.2, -0.15) is 0 Å². The second-order valence-electron chi connectivity index (χ2n) is 8.87. The minimum atomic E-state index is -0.0237. The first kappa shape index (κ1) is 23.3. The Bertz CT molecular complexity index is 1230. The van der Waals surface area contributed by atoms with E-state index >= 15 is 0 Å². The second kappa shape index (κ2) is 10.8. The topological polar surface area (TPSA) is 54.5 Å². The van der Waals surface area contributed by atoms with Gasteiger partial charge in [0.25, 0.3) is 0 Å². The summed E-state index contributed by atoms with van der Waals surface area (Å²) in [5, 5.41) is 5.74. The highest BCUT2D eigenvalue weighted by atomic mass is 32.1. The highest BCUT2D eigenvalue weighted by Crippen LogP contribution is 2.29. The van der Waals surface area contributed by atoms with Crippen LogP contribution in [0.15, 0.2) is 84.2 Å². The summed E-state index contributed by atoms with van der Waals surface area (Å²) in [7, 11) is 1.71. The van der Waals surface area contributed by atoms with E-state index in [-0.39, 0.29) is 11.8 Å². The summed E-state index contributed by atoms with van der Waals surface area (Å²) < 4.78 is 5.35. The fourth-order valence-electron chi connectivity index (χ4n) is 4.67. The first-order valence-electron chi connectivity index (χ1n) is 11.9. The Morgan fingerprint density at radius 3 is 2.43 bits per heavy atom. The average molecular weight is 484 g/mol. The van der Waals surface area contributed by atoms with Crippen LogP contribution in [-0.2, 0) is 24.3 Å². The maximum absolute atomic E-state index is 13.0. The molecule has 0 saturated carbocycles. The van der Waals surface area contributed by atoms with Crippen LogP contribution in [0.5, 0.6) is 5.75 Å². The third kappa shape index (κ3) is 5.78. The molecule has 5 nitrogen and oxygen atoms in total. The first-order valence-corrected chi connectivity index (χ1v) is 12.8. The van der Waals surface area contributed by atoms with E-state index in [4.69, 9.17) is 9.72 Å². The number of ether oxygens (including phenoxy) is 1. The van der Waals surface area contributed by atoms with Gasteiger partial charge in [0.1, 0.15) is 5.75 Å². The molecule has 0 bridgehead atoms. The van der Waals surface area contributed by atoms with Crippen molar-refractivity contribution in [2.24, 2.45) is 0 Å². The molecule has 1 aliphatic rings. The average Bonchev–Trinajstić information content (AvgIpc) is 3.34. The zero-order chi connectivity index (χ0) is 24.0. The summed E-state index contributed by atoms with van der Waals surface area (Å²) in [6.07, 6.45) is 1.37. The van der Waals surface area contributed by atoms with Crippen molar-refractivity contribution in [3.8, 4) is 5.75 Å². The largest absolute Gasteiger partial charge is 0.497 e. The van der Waals surface area contributed by atoms with E-state index in [1.54, 1.807) is 7.11 Å². The van der Waals surface area contributed by atoms with E-state index in [0.717, 1.165) is 48.6 Å². The standard InChI is InChI=1S/C29H29N3O2S/c1-34-26-13-12-24-18-32(15-14-23(24)16-26)19-25-20-35-29(30-25)31-28(33)17-27(21-8-4-2-5-9-21)22-10-6-3-7-11-22/h2-13,16,20,27H,14-15,17-19H2,1H3,(H,30,31,33). The van der Waals surface area contributed by atoms with Gasteiger partial charge in [-0.15, -0.1) is 11.3 Å². The fourth-order valence-corrected chi connectivity index (χ4v) is 5.39. The lowest BCUT2D eigenvalue weighted by Crippen LogP contribution is -2.30. The minimum Gasteiger partial charge on any atom is -0.497 e. The Hall–Kier alpha value is -3.48. The summed E-state index contributed by atoms with van der Waals surface area (Å²) in [6, 6.07) is 26.7. The summed E-state index contributed by atoms with van der Waals surface area (Å²) in [5.74, 6) is 0.896. The van der Waals surface area contributed by atoms with E-state index in [9.17, 15) is 4.79 Å². The summed E-state index contributed by atoms with van der Waals surface area (Å²) >= 11 is 1.49. The molecule has 4 aromatic rings. The number of thiazole rings is 1. The molecular weight excluding hydrogens is 454 g/mol. The number of fused-ring (bicyclic) bond motifs is 1. The molecule has 0 radical (unpaired) electrons. The monoisotopic (exact) mass is 483 g/mol. The third-order valence-electron chi connectivity index (χ3n) is 6.48. The van der Waals surface area contributed by atoms with Crippen LogP contribution in [0.25, 0.3) is 0 Å². The normalized spacial score (nSPS) is 13.4. The quantitative estimate of drug-likeness (QED) is 0.341. The summed E-state index contributed by atoms with van der Waals surface area (Å²) in [6.45, 7) is 2.65. The van der Waals surface area contributed by atoms with Crippen LogP contribution in [0.4, 0.5) is 5.13 Å². The number of nitrogens with zero attached hydrogens (tertiary/aromatic N) is 2. The van der Waals surface area contributed by atoms with Crippen molar-refractivity contribution in [3.05, 3.63) is 112 Å². The van der Waals surface area contributed by atoms with Crippen LogP contribution < -0.4 is 10.1 Å².